The van der Waals surface area contributed by atoms with E-state index < -0.39 is 8.32 Å². The van der Waals surface area contributed by atoms with Crippen molar-refractivity contribution < 1.29 is 9.53 Å². The van der Waals surface area contributed by atoms with E-state index in [0.717, 1.165) is 42.3 Å². The minimum Gasteiger partial charge on any atom is -0.544 e. The molecule has 170 valence electrons. The third kappa shape index (κ3) is 3.64. The number of hydrogen-bond acceptors (Lipinski definition) is 2. The SMILES string of the molecule is C[C@]12CC[C@H](O)C[C@@H]1CC[C@@H]1[C@@H]2CC[C@]2(C)C(c3ccc(O[Si](C)(C)C)cc3)=CC[C@@H]12. The van der Waals surface area contributed by atoms with Crippen molar-refractivity contribution in [2.24, 2.45) is 34.5 Å². The Morgan fingerprint density at radius 2 is 1.68 bits per heavy atom. The maximum atomic E-state index is 10.3. The quantitative estimate of drug-likeness (QED) is 0.502. The van der Waals surface area contributed by atoms with Crippen molar-refractivity contribution in [2.75, 3.05) is 0 Å². The van der Waals surface area contributed by atoms with Gasteiger partial charge in [-0.05, 0) is 129 Å². The Labute approximate surface area is 190 Å². The molecule has 4 aliphatic carbocycles. The van der Waals surface area contributed by atoms with Crippen molar-refractivity contribution in [3.63, 3.8) is 0 Å². The second kappa shape index (κ2) is 7.48. The molecule has 31 heavy (non-hydrogen) atoms. The van der Waals surface area contributed by atoms with E-state index in [0.29, 0.717) is 10.8 Å². The molecule has 0 saturated heterocycles. The van der Waals surface area contributed by atoms with Gasteiger partial charge in [0.1, 0.15) is 5.75 Å². The summed E-state index contributed by atoms with van der Waals surface area (Å²) in [6.07, 6.45) is 12.5. The van der Waals surface area contributed by atoms with Gasteiger partial charge in [0.25, 0.3) is 0 Å². The fraction of sp³-hybridized carbons (Fsp3) is 0.714. The smallest absolute Gasteiger partial charge is 0.242 e. The molecule has 0 aromatic heterocycles. The lowest BCUT2D eigenvalue weighted by Gasteiger charge is -2.60. The summed E-state index contributed by atoms with van der Waals surface area (Å²) in [6.45, 7) is 11.9. The maximum Gasteiger partial charge on any atom is 0.242 e. The predicted octanol–water partition coefficient (Wildman–Crippen LogP) is 7.30. The largest absolute Gasteiger partial charge is 0.544 e. The zero-order valence-corrected chi connectivity index (χ0v) is 21.3. The molecule has 1 aromatic rings. The van der Waals surface area contributed by atoms with Crippen LogP contribution in [0.3, 0.4) is 0 Å². The second-order valence-corrected chi connectivity index (χ2v) is 17.1. The summed E-state index contributed by atoms with van der Waals surface area (Å²) < 4.78 is 6.19. The van der Waals surface area contributed by atoms with Gasteiger partial charge in [0.2, 0.25) is 8.32 Å². The molecule has 0 radical (unpaired) electrons. The molecule has 3 saturated carbocycles. The van der Waals surface area contributed by atoms with E-state index in [1.807, 2.05) is 0 Å². The number of aliphatic hydroxyl groups is 1. The Bertz CT molecular complexity index is 853. The Kier molecular flexibility index (Phi) is 5.25. The number of fused-ring (bicyclic) bond motifs is 5. The molecule has 0 aliphatic heterocycles. The molecule has 0 amide bonds. The van der Waals surface area contributed by atoms with E-state index >= 15 is 0 Å². The Hall–Kier alpha value is -1.06. The standard InChI is InChI=1S/C28H42O2Si/c1-27-16-14-21(29)18-20(27)8-11-23-25-13-12-24(28(25,2)17-15-26(23)27)19-6-9-22(10-7-19)30-31(3,4)5/h6-7,9-10,12,20-21,23,25-26,29H,8,11,13-18H2,1-5H3/t20-,21-,23-,25-,26-,27-,28+/m0/s1. The lowest BCUT2D eigenvalue weighted by atomic mass is 9.44. The van der Waals surface area contributed by atoms with Crippen LogP contribution in [0.5, 0.6) is 5.75 Å². The van der Waals surface area contributed by atoms with E-state index in [9.17, 15) is 5.11 Å². The summed E-state index contributed by atoms with van der Waals surface area (Å²) >= 11 is 0. The second-order valence-electron chi connectivity index (χ2n) is 12.6. The van der Waals surface area contributed by atoms with E-state index in [4.69, 9.17) is 4.43 Å². The minimum absolute atomic E-state index is 0.0452. The van der Waals surface area contributed by atoms with Crippen molar-refractivity contribution in [2.45, 2.75) is 91.0 Å². The zero-order valence-electron chi connectivity index (χ0n) is 20.3. The molecule has 7 atom stereocenters. The first kappa shape index (κ1) is 21.8. The number of aliphatic hydroxyl groups excluding tert-OH is 1. The van der Waals surface area contributed by atoms with Crippen LogP contribution in [-0.4, -0.2) is 19.5 Å². The highest BCUT2D eigenvalue weighted by Crippen LogP contribution is 2.67. The average Bonchev–Trinajstić information content (AvgIpc) is 3.05. The van der Waals surface area contributed by atoms with Gasteiger partial charge in [0, 0.05) is 0 Å². The molecule has 0 heterocycles. The van der Waals surface area contributed by atoms with Gasteiger partial charge in [0.05, 0.1) is 6.10 Å². The number of hydrogen-bond donors (Lipinski definition) is 1. The first-order valence-electron chi connectivity index (χ1n) is 12.8. The van der Waals surface area contributed by atoms with Crippen molar-refractivity contribution in [1.82, 2.24) is 0 Å². The molecule has 4 aliphatic rings. The summed E-state index contributed by atoms with van der Waals surface area (Å²) in [7, 11) is -1.57. The van der Waals surface area contributed by atoms with Crippen LogP contribution in [0, 0.1) is 34.5 Å². The van der Waals surface area contributed by atoms with Crippen LogP contribution >= 0.6 is 0 Å². The van der Waals surface area contributed by atoms with Gasteiger partial charge >= 0.3 is 0 Å². The topological polar surface area (TPSA) is 29.5 Å². The highest BCUT2D eigenvalue weighted by atomic mass is 28.4. The maximum absolute atomic E-state index is 10.3. The van der Waals surface area contributed by atoms with E-state index in [2.05, 4.69) is 63.8 Å². The van der Waals surface area contributed by atoms with Crippen LogP contribution < -0.4 is 4.43 Å². The zero-order chi connectivity index (χ0) is 22.0. The van der Waals surface area contributed by atoms with Crippen molar-refractivity contribution in [1.29, 1.82) is 0 Å². The van der Waals surface area contributed by atoms with Crippen LogP contribution in [0.4, 0.5) is 0 Å². The molecular weight excluding hydrogens is 396 g/mol. The van der Waals surface area contributed by atoms with Gasteiger partial charge in [-0.1, -0.05) is 32.1 Å². The van der Waals surface area contributed by atoms with Crippen LogP contribution in [0.1, 0.15) is 70.8 Å². The summed E-state index contributed by atoms with van der Waals surface area (Å²) in [4.78, 5) is 0. The summed E-state index contributed by atoms with van der Waals surface area (Å²) in [5.74, 6) is 4.28. The molecule has 1 N–H and O–H groups in total. The van der Waals surface area contributed by atoms with Crippen LogP contribution in [0.15, 0.2) is 30.3 Å². The first-order valence-corrected chi connectivity index (χ1v) is 16.2. The van der Waals surface area contributed by atoms with Crippen molar-refractivity contribution in [3.8, 4) is 5.75 Å². The minimum atomic E-state index is -1.57. The summed E-state index contributed by atoms with van der Waals surface area (Å²) in [5, 5.41) is 10.3. The van der Waals surface area contributed by atoms with Gasteiger partial charge in [-0.25, -0.2) is 0 Å². The highest BCUT2D eigenvalue weighted by molar-refractivity contribution is 6.70. The lowest BCUT2D eigenvalue weighted by Crippen LogP contribution is -2.53. The molecule has 0 spiro atoms. The number of benzene rings is 1. The fourth-order valence-corrected chi connectivity index (χ4v) is 9.15. The van der Waals surface area contributed by atoms with Gasteiger partial charge in [0.15, 0.2) is 0 Å². The lowest BCUT2D eigenvalue weighted by molar-refractivity contribution is -0.115. The van der Waals surface area contributed by atoms with Gasteiger partial charge in [-0.2, -0.15) is 0 Å². The van der Waals surface area contributed by atoms with Crippen LogP contribution in [-0.2, 0) is 0 Å². The normalized spacial score (nSPS) is 42.3. The predicted molar refractivity (Wildman–Crippen MR) is 132 cm³/mol. The average molecular weight is 439 g/mol. The van der Waals surface area contributed by atoms with E-state index in [1.165, 1.54) is 44.1 Å². The fourth-order valence-electron chi connectivity index (χ4n) is 8.31. The van der Waals surface area contributed by atoms with E-state index in [-0.39, 0.29) is 6.10 Å². The molecule has 5 rings (SSSR count). The first-order chi connectivity index (χ1) is 14.6. The monoisotopic (exact) mass is 438 g/mol. The number of allylic oxidation sites excluding steroid dienone is 2. The van der Waals surface area contributed by atoms with Gasteiger partial charge in [-0.3, -0.25) is 0 Å². The third-order valence-electron chi connectivity index (χ3n) is 9.81. The van der Waals surface area contributed by atoms with Gasteiger partial charge in [-0.15, -0.1) is 0 Å². The summed E-state index contributed by atoms with van der Waals surface area (Å²) in [6, 6.07) is 9.00. The Morgan fingerprint density at radius 1 is 0.935 bits per heavy atom. The molecule has 0 unspecified atom stereocenters. The van der Waals surface area contributed by atoms with Crippen LogP contribution in [0.25, 0.3) is 5.57 Å². The van der Waals surface area contributed by atoms with Crippen LogP contribution in [0.2, 0.25) is 19.6 Å². The highest BCUT2D eigenvalue weighted by Gasteiger charge is 2.58. The van der Waals surface area contributed by atoms with E-state index in [1.54, 1.807) is 5.57 Å². The molecule has 3 heteroatoms. The molecule has 1 aromatic carbocycles. The Morgan fingerprint density at radius 3 is 2.39 bits per heavy atom. The molecule has 2 nitrogen and oxygen atoms in total. The summed E-state index contributed by atoms with van der Waals surface area (Å²) in [5.41, 5.74) is 3.79. The Balaban J connectivity index is 1.36. The third-order valence-corrected chi connectivity index (χ3v) is 10.7. The van der Waals surface area contributed by atoms with Gasteiger partial charge < -0.3 is 9.53 Å². The van der Waals surface area contributed by atoms with Crippen molar-refractivity contribution in [3.05, 3.63) is 35.9 Å². The number of rotatable bonds is 3. The molecule has 0 bridgehead atoms. The molecule has 3 fully saturated rings. The van der Waals surface area contributed by atoms with Crippen molar-refractivity contribution >= 4 is 13.9 Å². The molecular formula is C28H42O2Si.